The largest absolute Gasteiger partial charge is 0.337 e. The van der Waals surface area contributed by atoms with Gasteiger partial charge in [0.1, 0.15) is 5.82 Å². The van der Waals surface area contributed by atoms with Crippen molar-refractivity contribution in [2.75, 3.05) is 50.7 Å². The van der Waals surface area contributed by atoms with E-state index in [1.165, 1.54) is 17.7 Å². The third kappa shape index (κ3) is 4.34. The van der Waals surface area contributed by atoms with Gasteiger partial charge in [0.2, 0.25) is 0 Å². The van der Waals surface area contributed by atoms with E-state index < -0.39 is 6.30 Å². The first kappa shape index (κ1) is 20.9. The van der Waals surface area contributed by atoms with Crippen molar-refractivity contribution < 1.29 is 8.78 Å². The molecule has 3 atom stereocenters. The molecular formula is C25H32F2N4. The number of unbranched alkanes of at least 4 members (excludes halogenated alkanes) is 1. The molecule has 1 N–H and O–H groups in total. The number of piperidine rings is 1. The Balaban J connectivity index is 1.26. The van der Waals surface area contributed by atoms with Crippen molar-refractivity contribution in [3.05, 3.63) is 59.9 Å². The maximum Gasteiger partial charge on any atom is 0.155 e. The Morgan fingerprint density at radius 1 is 0.935 bits per heavy atom. The molecule has 5 rings (SSSR count). The Kier molecular flexibility index (Phi) is 6.21. The van der Waals surface area contributed by atoms with Crippen molar-refractivity contribution in [3.63, 3.8) is 0 Å². The molecule has 3 aliphatic rings. The molecule has 2 fully saturated rings. The van der Waals surface area contributed by atoms with E-state index >= 15 is 4.39 Å². The van der Waals surface area contributed by atoms with Crippen LogP contribution in [0.5, 0.6) is 0 Å². The number of benzene rings is 2. The van der Waals surface area contributed by atoms with Crippen molar-refractivity contribution in [2.45, 2.75) is 37.5 Å². The summed E-state index contributed by atoms with van der Waals surface area (Å²) in [5, 5.41) is 3.39. The van der Waals surface area contributed by atoms with Crippen LogP contribution < -0.4 is 10.2 Å². The number of para-hydroxylation sites is 1. The van der Waals surface area contributed by atoms with Gasteiger partial charge < -0.3 is 15.1 Å². The summed E-state index contributed by atoms with van der Waals surface area (Å²) < 4.78 is 28.8. The van der Waals surface area contributed by atoms with Crippen LogP contribution in [0.4, 0.5) is 20.2 Å². The van der Waals surface area contributed by atoms with Crippen LogP contribution in [0.25, 0.3) is 0 Å². The smallest absolute Gasteiger partial charge is 0.155 e. The molecule has 0 amide bonds. The van der Waals surface area contributed by atoms with Crippen LogP contribution in [0.3, 0.4) is 0 Å². The monoisotopic (exact) mass is 426 g/mol. The number of likely N-dealkylation sites (tertiary alicyclic amines) is 1. The minimum Gasteiger partial charge on any atom is -0.337 e. The summed E-state index contributed by atoms with van der Waals surface area (Å²) in [5.41, 5.74) is 3.37. The molecule has 3 unspecified atom stereocenters. The first-order valence-electron chi connectivity index (χ1n) is 11.7. The van der Waals surface area contributed by atoms with E-state index in [4.69, 9.17) is 0 Å². The minimum absolute atomic E-state index is 0.0787. The fraction of sp³-hybridized carbons (Fsp3) is 0.520. The van der Waals surface area contributed by atoms with Gasteiger partial charge in [0.15, 0.2) is 6.30 Å². The van der Waals surface area contributed by atoms with Gasteiger partial charge in [-0.15, -0.1) is 0 Å². The third-order valence-corrected chi connectivity index (χ3v) is 7.14. The molecule has 4 nitrogen and oxygen atoms in total. The maximum atomic E-state index is 15.3. The van der Waals surface area contributed by atoms with Crippen molar-refractivity contribution in [1.29, 1.82) is 0 Å². The summed E-state index contributed by atoms with van der Waals surface area (Å²) in [6.07, 6.45) is 1.70. The van der Waals surface area contributed by atoms with Crippen LogP contribution in [0.2, 0.25) is 0 Å². The lowest BCUT2D eigenvalue weighted by Crippen LogP contribution is -2.49. The second-order valence-electron chi connectivity index (χ2n) is 9.04. The molecule has 0 aliphatic carbocycles. The Bertz CT molecular complexity index is 868. The molecule has 2 aromatic carbocycles. The maximum absolute atomic E-state index is 15.3. The average molecular weight is 427 g/mol. The third-order valence-electron chi connectivity index (χ3n) is 7.14. The van der Waals surface area contributed by atoms with Crippen LogP contribution >= 0.6 is 0 Å². The van der Waals surface area contributed by atoms with E-state index in [9.17, 15) is 4.39 Å². The highest BCUT2D eigenvalue weighted by atomic mass is 19.1. The van der Waals surface area contributed by atoms with Crippen molar-refractivity contribution in [1.82, 2.24) is 15.1 Å². The van der Waals surface area contributed by atoms with Gasteiger partial charge in [-0.1, -0.05) is 18.2 Å². The Morgan fingerprint density at radius 3 is 2.48 bits per heavy atom. The lowest BCUT2D eigenvalue weighted by Gasteiger charge is -2.41. The van der Waals surface area contributed by atoms with E-state index in [2.05, 4.69) is 33.3 Å². The fourth-order valence-corrected chi connectivity index (χ4v) is 5.54. The van der Waals surface area contributed by atoms with E-state index in [0.717, 1.165) is 70.0 Å². The number of anilines is 2. The van der Waals surface area contributed by atoms with Gasteiger partial charge in [-0.3, -0.25) is 4.90 Å². The summed E-state index contributed by atoms with van der Waals surface area (Å²) in [7, 11) is 0. The second kappa shape index (κ2) is 9.23. The molecule has 0 spiro atoms. The van der Waals surface area contributed by atoms with Gasteiger partial charge in [0, 0.05) is 69.0 Å². The highest BCUT2D eigenvalue weighted by Crippen LogP contribution is 2.49. The van der Waals surface area contributed by atoms with Crippen LogP contribution in [-0.4, -0.2) is 68.0 Å². The molecule has 3 aliphatic heterocycles. The van der Waals surface area contributed by atoms with Crippen LogP contribution in [-0.2, 0) is 0 Å². The van der Waals surface area contributed by atoms with Crippen molar-refractivity contribution >= 4 is 11.4 Å². The number of nitrogens with zero attached hydrogens (tertiary/aromatic N) is 3. The first-order chi connectivity index (χ1) is 15.2. The zero-order valence-electron chi connectivity index (χ0n) is 18.0. The summed E-state index contributed by atoms with van der Waals surface area (Å²) >= 11 is 0. The summed E-state index contributed by atoms with van der Waals surface area (Å²) in [6, 6.07) is 15.1. The summed E-state index contributed by atoms with van der Waals surface area (Å²) in [6.45, 7) is 7.06. The number of halogens is 2. The lowest BCUT2D eigenvalue weighted by atomic mass is 9.88. The van der Waals surface area contributed by atoms with Gasteiger partial charge in [0.25, 0.3) is 0 Å². The zero-order valence-corrected chi connectivity index (χ0v) is 18.0. The number of hydrogen-bond acceptors (Lipinski definition) is 4. The second-order valence-corrected chi connectivity index (χ2v) is 9.04. The molecule has 31 heavy (non-hydrogen) atoms. The predicted octanol–water partition coefficient (Wildman–Crippen LogP) is 4.12. The van der Waals surface area contributed by atoms with Crippen LogP contribution in [0.15, 0.2) is 48.5 Å². The number of rotatable bonds is 6. The number of piperazine rings is 1. The molecule has 0 bridgehead atoms. The number of hydrogen-bond donors (Lipinski definition) is 1. The summed E-state index contributed by atoms with van der Waals surface area (Å²) in [5.74, 6) is 0.0354. The van der Waals surface area contributed by atoms with E-state index in [-0.39, 0.29) is 17.8 Å². The summed E-state index contributed by atoms with van der Waals surface area (Å²) in [4.78, 5) is 6.78. The van der Waals surface area contributed by atoms with Crippen LogP contribution in [0, 0.1) is 5.82 Å². The molecular weight excluding hydrogens is 394 g/mol. The van der Waals surface area contributed by atoms with Gasteiger partial charge in [-0.2, -0.15) is 0 Å². The van der Waals surface area contributed by atoms with E-state index in [0.29, 0.717) is 6.42 Å². The average Bonchev–Trinajstić information content (AvgIpc) is 3.11. The molecule has 6 heteroatoms. The molecule has 0 radical (unpaired) electrons. The quantitative estimate of drug-likeness (QED) is 0.554. The number of fused-ring (bicyclic) bond motifs is 3. The van der Waals surface area contributed by atoms with Gasteiger partial charge in [-0.25, -0.2) is 8.78 Å². The molecule has 166 valence electrons. The molecule has 0 saturated carbocycles. The Hall–Kier alpha value is -2.02. The lowest BCUT2D eigenvalue weighted by molar-refractivity contribution is 0.0289. The molecule has 2 aromatic rings. The highest BCUT2D eigenvalue weighted by Gasteiger charge is 2.45. The van der Waals surface area contributed by atoms with Gasteiger partial charge in [0.05, 0.1) is 0 Å². The standard InChI is InChI=1S/C25H32F2N4/c26-19-7-9-20(10-8-19)31-23-6-2-1-5-21(23)22-18-30(25(27)17-24(22)31)14-4-3-13-29-15-11-28-12-16-29/h1-2,5-10,22,24-25,28H,3-4,11-18H2. The molecule has 0 aromatic heterocycles. The Labute approximate surface area is 183 Å². The number of alkyl halides is 1. The first-order valence-corrected chi connectivity index (χ1v) is 11.7. The van der Waals surface area contributed by atoms with Crippen molar-refractivity contribution in [2.24, 2.45) is 0 Å². The van der Waals surface area contributed by atoms with E-state index in [1.54, 1.807) is 0 Å². The molecule has 2 saturated heterocycles. The van der Waals surface area contributed by atoms with Crippen LogP contribution in [0.1, 0.15) is 30.7 Å². The Morgan fingerprint density at radius 2 is 1.68 bits per heavy atom. The van der Waals surface area contributed by atoms with Gasteiger partial charge >= 0.3 is 0 Å². The van der Waals surface area contributed by atoms with Gasteiger partial charge in [-0.05, 0) is 55.3 Å². The zero-order chi connectivity index (χ0) is 21.2. The predicted molar refractivity (Wildman–Crippen MR) is 121 cm³/mol. The molecule has 3 heterocycles. The highest BCUT2D eigenvalue weighted by molar-refractivity contribution is 5.73. The van der Waals surface area contributed by atoms with E-state index in [1.807, 2.05) is 23.1 Å². The normalized spacial score (nSPS) is 26.6. The SMILES string of the molecule is Fc1ccc(N2c3ccccc3C3CN(CCCCN4CCNCC4)C(F)CC32)cc1. The topological polar surface area (TPSA) is 21.8 Å². The number of nitrogens with one attached hydrogen (secondary N) is 1. The van der Waals surface area contributed by atoms with Crippen molar-refractivity contribution in [3.8, 4) is 0 Å². The fourth-order valence-electron chi connectivity index (χ4n) is 5.54. The minimum atomic E-state index is -0.933.